The third-order valence-corrected chi connectivity index (χ3v) is 3.33. The van der Waals surface area contributed by atoms with Gasteiger partial charge in [-0.15, -0.1) is 0 Å². The minimum absolute atomic E-state index is 0.151. The van der Waals surface area contributed by atoms with Crippen molar-refractivity contribution in [3.05, 3.63) is 51.1 Å². The van der Waals surface area contributed by atoms with E-state index in [9.17, 15) is 19.3 Å². The summed E-state index contributed by atoms with van der Waals surface area (Å²) in [6, 6.07) is 3.51. The summed E-state index contributed by atoms with van der Waals surface area (Å²) in [5.74, 6) is -1.06. The maximum absolute atomic E-state index is 14.0. The SMILES string of the molecule is COc1cccc(F)c1[C@@H](C)NC(=O)c1n[nH]c(C)c1[N+](=O)[O-]. The van der Waals surface area contributed by atoms with Crippen LogP contribution in [0.25, 0.3) is 0 Å². The van der Waals surface area contributed by atoms with Gasteiger partial charge in [-0.3, -0.25) is 20.0 Å². The van der Waals surface area contributed by atoms with E-state index in [1.807, 2.05) is 0 Å². The lowest BCUT2D eigenvalue weighted by Gasteiger charge is -2.17. The van der Waals surface area contributed by atoms with Crippen LogP contribution in [-0.4, -0.2) is 28.1 Å². The normalized spacial score (nSPS) is 11.8. The van der Waals surface area contributed by atoms with Crippen molar-refractivity contribution in [2.75, 3.05) is 7.11 Å². The first-order valence-electron chi connectivity index (χ1n) is 6.69. The summed E-state index contributed by atoms with van der Waals surface area (Å²) in [4.78, 5) is 22.5. The summed E-state index contributed by atoms with van der Waals surface area (Å²) in [6.45, 7) is 2.98. The van der Waals surface area contributed by atoms with Gasteiger partial charge in [0.1, 0.15) is 17.3 Å². The Morgan fingerprint density at radius 3 is 2.83 bits per heavy atom. The molecule has 2 aromatic rings. The highest BCUT2D eigenvalue weighted by molar-refractivity contribution is 5.96. The number of H-pyrrole nitrogens is 1. The summed E-state index contributed by atoms with van der Waals surface area (Å²) in [5, 5.41) is 19.5. The molecule has 9 heteroatoms. The van der Waals surface area contributed by atoms with Crippen molar-refractivity contribution in [3.63, 3.8) is 0 Å². The highest BCUT2D eigenvalue weighted by Gasteiger charge is 2.29. The zero-order chi connectivity index (χ0) is 17.1. The Balaban J connectivity index is 2.30. The molecule has 0 unspecified atom stereocenters. The molecule has 2 rings (SSSR count). The van der Waals surface area contributed by atoms with Gasteiger partial charge in [-0.1, -0.05) is 6.07 Å². The average Bonchev–Trinajstić information content (AvgIpc) is 2.88. The fourth-order valence-corrected chi connectivity index (χ4v) is 2.26. The minimum atomic E-state index is -0.779. The summed E-state index contributed by atoms with van der Waals surface area (Å²) in [6.07, 6.45) is 0. The molecule has 1 atom stereocenters. The van der Waals surface area contributed by atoms with E-state index < -0.39 is 28.4 Å². The number of aryl methyl sites for hydroxylation is 1. The first-order valence-corrected chi connectivity index (χ1v) is 6.69. The monoisotopic (exact) mass is 322 g/mol. The number of benzene rings is 1. The Morgan fingerprint density at radius 1 is 1.52 bits per heavy atom. The number of ether oxygens (including phenoxy) is 1. The zero-order valence-corrected chi connectivity index (χ0v) is 12.7. The predicted molar refractivity (Wildman–Crippen MR) is 78.8 cm³/mol. The minimum Gasteiger partial charge on any atom is -0.496 e. The van der Waals surface area contributed by atoms with Crippen LogP contribution in [0.15, 0.2) is 18.2 Å². The summed E-state index contributed by atoms with van der Waals surface area (Å²) in [7, 11) is 1.38. The molecule has 2 N–H and O–H groups in total. The Labute approximate surface area is 130 Å². The number of nitrogens with one attached hydrogen (secondary N) is 2. The molecular formula is C14H15FN4O4. The van der Waals surface area contributed by atoms with Gasteiger partial charge in [0.15, 0.2) is 0 Å². The molecule has 1 amide bonds. The van der Waals surface area contributed by atoms with Crippen LogP contribution in [0.1, 0.15) is 34.7 Å². The number of methoxy groups -OCH3 is 1. The van der Waals surface area contributed by atoms with E-state index in [0.717, 1.165) is 0 Å². The molecule has 122 valence electrons. The lowest BCUT2D eigenvalue weighted by molar-refractivity contribution is -0.385. The second-order valence-corrected chi connectivity index (χ2v) is 4.85. The van der Waals surface area contributed by atoms with Crippen LogP contribution in [0.3, 0.4) is 0 Å². The van der Waals surface area contributed by atoms with Gasteiger partial charge in [-0.05, 0) is 26.0 Å². The molecule has 0 spiro atoms. The highest BCUT2D eigenvalue weighted by atomic mass is 19.1. The number of nitro groups is 1. The lowest BCUT2D eigenvalue weighted by Crippen LogP contribution is -2.28. The van der Waals surface area contributed by atoms with Crippen molar-refractivity contribution in [2.24, 2.45) is 0 Å². The third kappa shape index (κ3) is 3.12. The number of rotatable bonds is 5. The van der Waals surface area contributed by atoms with Crippen molar-refractivity contribution < 1.29 is 18.8 Å². The molecule has 0 aliphatic carbocycles. The van der Waals surface area contributed by atoms with Gasteiger partial charge < -0.3 is 10.1 Å². The standard InChI is InChI=1S/C14H15FN4O4/c1-7(11-9(15)5-4-6-10(11)23-3)16-14(20)12-13(19(21)22)8(2)17-18-12/h4-7H,1-3H3,(H,16,20)(H,17,18)/t7-/m1/s1. The lowest BCUT2D eigenvalue weighted by atomic mass is 10.1. The molecule has 0 saturated carbocycles. The zero-order valence-electron chi connectivity index (χ0n) is 12.7. The van der Waals surface area contributed by atoms with E-state index in [1.54, 1.807) is 13.0 Å². The maximum Gasteiger partial charge on any atom is 0.322 e. The number of aromatic nitrogens is 2. The van der Waals surface area contributed by atoms with E-state index >= 15 is 0 Å². The van der Waals surface area contributed by atoms with E-state index in [4.69, 9.17) is 4.74 Å². The Bertz CT molecular complexity index is 759. The fourth-order valence-electron chi connectivity index (χ4n) is 2.26. The van der Waals surface area contributed by atoms with Crippen LogP contribution in [0.2, 0.25) is 0 Å². The van der Waals surface area contributed by atoms with Crippen molar-refractivity contribution in [1.82, 2.24) is 15.5 Å². The summed E-state index contributed by atoms with van der Waals surface area (Å²) >= 11 is 0. The number of halogens is 1. The average molecular weight is 322 g/mol. The van der Waals surface area contributed by atoms with Gasteiger partial charge >= 0.3 is 5.69 Å². The number of hydrogen-bond acceptors (Lipinski definition) is 5. The van der Waals surface area contributed by atoms with Gasteiger partial charge in [0, 0.05) is 0 Å². The largest absolute Gasteiger partial charge is 0.496 e. The Morgan fingerprint density at radius 2 is 2.22 bits per heavy atom. The number of carbonyl (C=O) groups excluding carboxylic acids is 1. The molecule has 0 fully saturated rings. The third-order valence-electron chi connectivity index (χ3n) is 3.33. The number of amides is 1. The molecule has 8 nitrogen and oxygen atoms in total. The molecular weight excluding hydrogens is 307 g/mol. The maximum atomic E-state index is 14.0. The van der Waals surface area contributed by atoms with E-state index in [0.29, 0.717) is 0 Å². The van der Waals surface area contributed by atoms with Crippen molar-refractivity contribution in [2.45, 2.75) is 19.9 Å². The van der Waals surface area contributed by atoms with Crippen LogP contribution < -0.4 is 10.1 Å². The number of hydrogen-bond donors (Lipinski definition) is 2. The second-order valence-electron chi connectivity index (χ2n) is 4.85. The fraction of sp³-hybridized carbons (Fsp3) is 0.286. The van der Waals surface area contributed by atoms with Crippen LogP contribution in [0, 0.1) is 22.9 Å². The molecule has 23 heavy (non-hydrogen) atoms. The number of nitrogens with zero attached hydrogens (tertiary/aromatic N) is 2. The first kappa shape index (κ1) is 16.4. The van der Waals surface area contributed by atoms with E-state index in [2.05, 4.69) is 15.5 Å². The van der Waals surface area contributed by atoms with Crippen LogP contribution in [-0.2, 0) is 0 Å². The van der Waals surface area contributed by atoms with E-state index in [1.165, 1.54) is 26.2 Å². The number of aromatic amines is 1. The predicted octanol–water partition coefficient (Wildman–Crippen LogP) is 2.27. The Hall–Kier alpha value is -2.97. The topological polar surface area (TPSA) is 110 Å². The molecule has 0 aliphatic heterocycles. The second kappa shape index (κ2) is 6.42. The van der Waals surface area contributed by atoms with Gasteiger partial charge in [0.2, 0.25) is 5.69 Å². The van der Waals surface area contributed by atoms with Crippen molar-refractivity contribution >= 4 is 11.6 Å². The molecule has 0 bridgehead atoms. The molecule has 1 aromatic carbocycles. The van der Waals surface area contributed by atoms with Gasteiger partial charge in [0.05, 0.1) is 23.6 Å². The molecule has 0 saturated heterocycles. The van der Waals surface area contributed by atoms with Gasteiger partial charge in [0.25, 0.3) is 5.91 Å². The highest BCUT2D eigenvalue weighted by Crippen LogP contribution is 2.28. The van der Waals surface area contributed by atoms with Crippen molar-refractivity contribution in [3.8, 4) is 5.75 Å². The van der Waals surface area contributed by atoms with Crippen molar-refractivity contribution in [1.29, 1.82) is 0 Å². The van der Waals surface area contributed by atoms with Crippen LogP contribution in [0.5, 0.6) is 5.75 Å². The molecule has 0 aliphatic rings. The van der Waals surface area contributed by atoms with Gasteiger partial charge in [-0.2, -0.15) is 5.10 Å². The first-order chi connectivity index (χ1) is 10.9. The summed E-state index contributed by atoms with van der Waals surface area (Å²) < 4.78 is 19.1. The van der Waals surface area contributed by atoms with Crippen LogP contribution in [0.4, 0.5) is 10.1 Å². The quantitative estimate of drug-likeness (QED) is 0.648. The Kier molecular flexibility index (Phi) is 4.58. The summed E-state index contributed by atoms with van der Waals surface area (Å²) in [5.41, 5.74) is -0.445. The molecule has 1 heterocycles. The van der Waals surface area contributed by atoms with Crippen LogP contribution >= 0.6 is 0 Å². The van der Waals surface area contributed by atoms with E-state index in [-0.39, 0.29) is 22.7 Å². The smallest absolute Gasteiger partial charge is 0.322 e. The number of carbonyl (C=O) groups is 1. The molecule has 1 aromatic heterocycles. The molecule has 0 radical (unpaired) electrons. The van der Waals surface area contributed by atoms with Gasteiger partial charge in [-0.25, -0.2) is 4.39 Å².